The summed E-state index contributed by atoms with van der Waals surface area (Å²) >= 11 is 11.9. The van der Waals surface area contributed by atoms with Crippen LogP contribution in [0.5, 0.6) is 0 Å². The SMILES string of the molecule is COCCC(C)C(CCl)c1ccc(Cl)cc1. The van der Waals surface area contributed by atoms with Crippen molar-refractivity contribution in [2.45, 2.75) is 19.3 Å². The van der Waals surface area contributed by atoms with Crippen molar-refractivity contribution < 1.29 is 4.74 Å². The van der Waals surface area contributed by atoms with Crippen molar-refractivity contribution in [3.8, 4) is 0 Å². The topological polar surface area (TPSA) is 9.23 Å². The first kappa shape index (κ1) is 13.8. The lowest BCUT2D eigenvalue weighted by atomic mass is 9.87. The van der Waals surface area contributed by atoms with Crippen molar-refractivity contribution in [3.63, 3.8) is 0 Å². The summed E-state index contributed by atoms with van der Waals surface area (Å²) in [5, 5.41) is 0.765. The summed E-state index contributed by atoms with van der Waals surface area (Å²) in [6.45, 7) is 2.99. The normalized spacial score (nSPS) is 14.8. The van der Waals surface area contributed by atoms with Gasteiger partial charge in [0.2, 0.25) is 0 Å². The Balaban J connectivity index is 2.69. The molecular weight excluding hydrogens is 243 g/mol. The molecule has 0 spiro atoms. The molecule has 0 radical (unpaired) electrons. The van der Waals surface area contributed by atoms with E-state index in [1.807, 2.05) is 12.1 Å². The van der Waals surface area contributed by atoms with E-state index in [-0.39, 0.29) is 0 Å². The van der Waals surface area contributed by atoms with Crippen LogP contribution in [0.3, 0.4) is 0 Å². The van der Waals surface area contributed by atoms with Crippen molar-refractivity contribution in [1.82, 2.24) is 0 Å². The third-order valence-electron chi connectivity index (χ3n) is 2.93. The van der Waals surface area contributed by atoms with Gasteiger partial charge in [-0.25, -0.2) is 0 Å². The van der Waals surface area contributed by atoms with Crippen LogP contribution in [-0.4, -0.2) is 19.6 Å². The molecule has 1 rings (SSSR count). The van der Waals surface area contributed by atoms with Crippen LogP contribution >= 0.6 is 23.2 Å². The number of benzene rings is 1. The number of halogens is 2. The molecule has 2 unspecified atom stereocenters. The van der Waals surface area contributed by atoms with E-state index in [1.165, 1.54) is 5.56 Å². The third-order valence-corrected chi connectivity index (χ3v) is 3.51. The number of rotatable bonds is 6. The minimum Gasteiger partial charge on any atom is -0.385 e. The predicted molar refractivity (Wildman–Crippen MR) is 70.6 cm³/mol. The maximum atomic E-state index is 6.04. The fourth-order valence-electron chi connectivity index (χ4n) is 1.78. The van der Waals surface area contributed by atoms with E-state index in [1.54, 1.807) is 7.11 Å². The first-order chi connectivity index (χ1) is 7.69. The van der Waals surface area contributed by atoms with Gasteiger partial charge in [-0.2, -0.15) is 0 Å². The molecule has 0 aliphatic carbocycles. The highest BCUT2D eigenvalue weighted by Gasteiger charge is 2.18. The number of hydrogen-bond donors (Lipinski definition) is 0. The van der Waals surface area contributed by atoms with E-state index < -0.39 is 0 Å². The second-order valence-corrected chi connectivity index (χ2v) is 4.82. The largest absolute Gasteiger partial charge is 0.385 e. The summed E-state index contributed by atoms with van der Waals surface area (Å²) in [4.78, 5) is 0. The Bertz CT molecular complexity index is 297. The summed E-state index contributed by atoms with van der Waals surface area (Å²) in [7, 11) is 1.73. The average Bonchev–Trinajstić information content (AvgIpc) is 2.30. The monoisotopic (exact) mass is 260 g/mol. The van der Waals surface area contributed by atoms with Gasteiger partial charge in [0.05, 0.1) is 0 Å². The highest BCUT2D eigenvalue weighted by molar-refractivity contribution is 6.30. The third kappa shape index (κ3) is 3.97. The smallest absolute Gasteiger partial charge is 0.0465 e. The van der Waals surface area contributed by atoms with E-state index in [4.69, 9.17) is 27.9 Å². The van der Waals surface area contributed by atoms with Gasteiger partial charge in [0, 0.05) is 30.5 Å². The summed E-state index contributed by atoms with van der Waals surface area (Å²) in [6, 6.07) is 7.94. The summed E-state index contributed by atoms with van der Waals surface area (Å²) in [5.74, 6) is 1.51. The Morgan fingerprint density at radius 1 is 1.25 bits per heavy atom. The van der Waals surface area contributed by atoms with Gasteiger partial charge in [0.25, 0.3) is 0 Å². The second-order valence-electron chi connectivity index (χ2n) is 4.07. The van der Waals surface area contributed by atoms with Crippen molar-refractivity contribution >= 4 is 23.2 Å². The molecule has 0 saturated carbocycles. The highest BCUT2D eigenvalue weighted by Crippen LogP contribution is 2.29. The lowest BCUT2D eigenvalue weighted by Gasteiger charge is -2.22. The van der Waals surface area contributed by atoms with Gasteiger partial charge < -0.3 is 4.74 Å². The van der Waals surface area contributed by atoms with Crippen LogP contribution in [0.1, 0.15) is 24.8 Å². The van der Waals surface area contributed by atoms with Crippen molar-refractivity contribution in [1.29, 1.82) is 0 Å². The summed E-state index contributed by atoms with van der Waals surface area (Å²) < 4.78 is 5.10. The van der Waals surface area contributed by atoms with E-state index >= 15 is 0 Å². The number of hydrogen-bond acceptors (Lipinski definition) is 1. The first-order valence-electron chi connectivity index (χ1n) is 5.49. The molecule has 16 heavy (non-hydrogen) atoms. The van der Waals surface area contributed by atoms with Gasteiger partial charge in [-0.05, 0) is 30.0 Å². The van der Waals surface area contributed by atoms with Gasteiger partial charge in [0.15, 0.2) is 0 Å². The molecule has 0 heterocycles. The van der Waals surface area contributed by atoms with Crippen molar-refractivity contribution in [2.75, 3.05) is 19.6 Å². The maximum absolute atomic E-state index is 6.04. The molecule has 0 saturated heterocycles. The predicted octanol–water partition coefficient (Wildman–Crippen LogP) is 4.34. The Morgan fingerprint density at radius 3 is 2.38 bits per heavy atom. The molecule has 0 N–H and O–H groups in total. The van der Waals surface area contributed by atoms with Gasteiger partial charge in [-0.15, -0.1) is 11.6 Å². The Kier molecular flexibility index (Phi) is 6.18. The summed E-state index contributed by atoms with van der Waals surface area (Å²) in [6.07, 6.45) is 1.02. The Hall–Kier alpha value is -0.240. The zero-order valence-corrected chi connectivity index (χ0v) is 11.3. The molecule has 0 aliphatic rings. The lowest BCUT2D eigenvalue weighted by molar-refractivity contribution is 0.176. The fourth-order valence-corrected chi connectivity index (χ4v) is 2.39. The molecule has 0 aliphatic heterocycles. The van der Waals surface area contributed by atoms with Crippen LogP contribution in [0.15, 0.2) is 24.3 Å². The number of ether oxygens (including phenoxy) is 1. The average molecular weight is 261 g/mol. The zero-order valence-electron chi connectivity index (χ0n) is 9.75. The minimum atomic E-state index is 0.370. The Morgan fingerprint density at radius 2 is 1.88 bits per heavy atom. The zero-order chi connectivity index (χ0) is 12.0. The van der Waals surface area contributed by atoms with Crippen LogP contribution in [0.25, 0.3) is 0 Å². The quantitative estimate of drug-likeness (QED) is 0.692. The van der Waals surface area contributed by atoms with Gasteiger partial charge in [-0.3, -0.25) is 0 Å². The molecular formula is C13H18Cl2O. The molecule has 1 aromatic rings. The van der Waals surface area contributed by atoms with Gasteiger partial charge >= 0.3 is 0 Å². The molecule has 0 fully saturated rings. The van der Waals surface area contributed by atoms with Crippen LogP contribution in [0.4, 0.5) is 0 Å². The standard InChI is InChI=1S/C13H18Cl2O/c1-10(7-8-16-2)13(9-14)11-3-5-12(15)6-4-11/h3-6,10,13H,7-9H2,1-2H3. The fraction of sp³-hybridized carbons (Fsp3) is 0.538. The molecule has 2 atom stereocenters. The highest BCUT2D eigenvalue weighted by atomic mass is 35.5. The molecule has 90 valence electrons. The van der Waals surface area contributed by atoms with Crippen LogP contribution in [0.2, 0.25) is 5.02 Å². The van der Waals surface area contributed by atoms with Crippen LogP contribution in [0, 0.1) is 5.92 Å². The number of methoxy groups -OCH3 is 1. The van der Waals surface area contributed by atoms with E-state index in [0.29, 0.717) is 17.7 Å². The van der Waals surface area contributed by atoms with Crippen LogP contribution < -0.4 is 0 Å². The molecule has 1 nitrogen and oxygen atoms in total. The minimum absolute atomic E-state index is 0.370. The molecule has 0 amide bonds. The van der Waals surface area contributed by atoms with E-state index in [0.717, 1.165) is 18.1 Å². The number of alkyl halides is 1. The van der Waals surface area contributed by atoms with E-state index in [9.17, 15) is 0 Å². The first-order valence-corrected chi connectivity index (χ1v) is 6.40. The second kappa shape index (κ2) is 7.16. The lowest BCUT2D eigenvalue weighted by Crippen LogP contribution is -2.13. The maximum Gasteiger partial charge on any atom is 0.0465 e. The van der Waals surface area contributed by atoms with Crippen molar-refractivity contribution in [3.05, 3.63) is 34.9 Å². The molecule has 0 aromatic heterocycles. The van der Waals surface area contributed by atoms with Crippen LogP contribution in [-0.2, 0) is 4.74 Å². The van der Waals surface area contributed by atoms with Gasteiger partial charge in [-0.1, -0.05) is 30.7 Å². The Labute approximate surface area is 108 Å². The summed E-state index contributed by atoms with van der Waals surface area (Å²) in [5.41, 5.74) is 1.25. The molecule has 0 bridgehead atoms. The van der Waals surface area contributed by atoms with Gasteiger partial charge in [0.1, 0.15) is 0 Å². The van der Waals surface area contributed by atoms with Crippen molar-refractivity contribution in [2.24, 2.45) is 5.92 Å². The molecule has 1 aromatic carbocycles. The van der Waals surface area contributed by atoms with E-state index in [2.05, 4.69) is 19.1 Å². The molecule has 3 heteroatoms.